The first-order chi connectivity index (χ1) is 14.1. The molecule has 1 aromatic heterocycles. The number of methoxy groups -OCH3 is 1. The number of fused-ring (bicyclic) bond motifs is 1. The van der Waals surface area contributed by atoms with E-state index in [1.165, 1.54) is 11.3 Å². The number of carbonyl (C=O) groups excluding carboxylic acids is 1. The molecule has 6 heteroatoms. The van der Waals surface area contributed by atoms with Gasteiger partial charge >= 0.3 is 0 Å². The number of hydrogen-bond acceptors (Lipinski definition) is 4. The van der Waals surface area contributed by atoms with Crippen molar-refractivity contribution in [1.29, 1.82) is 0 Å². The Bertz CT molecular complexity index is 1140. The lowest BCUT2D eigenvalue weighted by Crippen LogP contribution is -2.22. The molecule has 146 valence electrons. The van der Waals surface area contributed by atoms with Crippen molar-refractivity contribution in [3.05, 3.63) is 88.3 Å². The van der Waals surface area contributed by atoms with E-state index in [1.54, 1.807) is 7.11 Å². The molecule has 4 aromatic rings. The van der Waals surface area contributed by atoms with Crippen molar-refractivity contribution in [2.75, 3.05) is 7.11 Å². The normalized spacial score (nSPS) is 10.7. The van der Waals surface area contributed by atoms with Gasteiger partial charge in [-0.25, -0.2) is 0 Å². The van der Waals surface area contributed by atoms with Gasteiger partial charge in [0.2, 0.25) is 0 Å². The molecule has 0 saturated carbocycles. The topological polar surface area (TPSA) is 47.6 Å². The molecule has 0 fully saturated rings. The zero-order valence-electron chi connectivity index (χ0n) is 15.6. The minimum absolute atomic E-state index is 0.195. The number of thiophene rings is 1. The van der Waals surface area contributed by atoms with Crippen LogP contribution >= 0.6 is 22.9 Å². The van der Waals surface area contributed by atoms with Crippen molar-refractivity contribution >= 4 is 38.9 Å². The predicted octanol–water partition coefficient (Wildman–Crippen LogP) is 6.29. The van der Waals surface area contributed by atoms with Crippen LogP contribution in [0.5, 0.6) is 17.2 Å². The van der Waals surface area contributed by atoms with Gasteiger partial charge in [0.15, 0.2) is 0 Å². The first kappa shape index (κ1) is 19.3. The largest absolute Gasteiger partial charge is 0.497 e. The predicted molar refractivity (Wildman–Crippen MR) is 118 cm³/mol. The lowest BCUT2D eigenvalue weighted by molar-refractivity contribution is 0.0955. The van der Waals surface area contributed by atoms with Gasteiger partial charge in [-0.1, -0.05) is 41.9 Å². The SMILES string of the molecule is COc1ccc2sc(C(=O)NCc3ccc(Oc4ccccc4)cc3)c(Cl)c2c1. The summed E-state index contributed by atoms with van der Waals surface area (Å²) in [5.41, 5.74) is 0.970. The molecule has 0 radical (unpaired) electrons. The molecule has 0 saturated heterocycles. The second-order valence-electron chi connectivity index (χ2n) is 6.35. The van der Waals surface area contributed by atoms with Gasteiger partial charge in [-0.2, -0.15) is 0 Å². The molecule has 0 bridgehead atoms. The summed E-state index contributed by atoms with van der Waals surface area (Å²) >= 11 is 7.81. The summed E-state index contributed by atoms with van der Waals surface area (Å²) in [5.74, 6) is 2.04. The highest BCUT2D eigenvalue weighted by atomic mass is 35.5. The molecule has 0 aliphatic rings. The fourth-order valence-electron chi connectivity index (χ4n) is 2.88. The Morgan fingerprint density at radius 3 is 2.38 bits per heavy atom. The summed E-state index contributed by atoms with van der Waals surface area (Å²) < 4.78 is 12.0. The molecule has 1 amide bonds. The van der Waals surface area contributed by atoms with E-state index in [4.69, 9.17) is 21.1 Å². The number of amides is 1. The zero-order chi connectivity index (χ0) is 20.2. The summed E-state index contributed by atoms with van der Waals surface area (Å²) in [7, 11) is 1.60. The Balaban J connectivity index is 1.42. The molecule has 4 rings (SSSR count). The Hall–Kier alpha value is -3.02. The van der Waals surface area contributed by atoms with Gasteiger partial charge in [-0.15, -0.1) is 11.3 Å². The van der Waals surface area contributed by atoms with E-state index in [2.05, 4.69) is 5.32 Å². The summed E-state index contributed by atoms with van der Waals surface area (Å²) in [5, 5.41) is 4.20. The third-order valence-electron chi connectivity index (χ3n) is 4.40. The molecule has 0 spiro atoms. The molecule has 0 aliphatic heterocycles. The van der Waals surface area contributed by atoms with Crippen molar-refractivity contribution in [3.63, 3.8) is 0 Å². The lowest BCUT2D eigenvalue weighted by atomic mass is 10.2. The Morgan fingerprint density at radius 1 is 0.966 bits per heavy atom. The van der Waals surface area contributed by atoms with E-state index in [1.807, 2.05) is 72.8 Å². The number of hydrogen-bond donors (Lipinski definition) is 1. The Kier molecular flexibility index (Phi) is 5.69. The van der Waals surface area contributed by atoms with E-state index < -0.39 is 0 Å². The van der Waals surface area contributed by atoms with Gasteiger partial charge in [-0.3, -0.25) is 4.79 Å². The molecular weight excluding hydrogens is 406 g/mol. The number of nitrogens with one attached hydrogen (secondary N) is 1. The summed E-state index contributed by atoms with van der Waals surface area (Å²) in [4.78, 5) is 13.1. The quantitative estimate of drug-likeness (QED) is 0.396. The maximum atomic E-state index is 12.6. The van der Waals surface area contributed by atoms with Crippen LogP contribution in [0.1, 0.15) is 15.2 Å². The average Bonchev–Trinajstić information content (AvgIpc) is 3.09. The van der Waals surface area contributed by atoms with Crippen LogP contribution < -0.4 is 14.8 Å². The van der Waals surface area contributed by atoms with Crippen LogP contribution in [0, 0.1) is 0 Å². The highest BCUT2D eigenvalue weighted by Gasteiger charge is 2.17. The number of rotatable bonds is 6. The number of para-hydroxylation sites is 1. The van der Waals surface area contributed by atoms with Crippen LogP contribution in [-0.4, -0.2) is 13.0 Å². The van der Waals surface area contributed by atoms with Gasteiger partial charge < -0.3 is 14.8 Å². The fraction of sp³-hybridized carbons (Fsp3) is 0.0870. The van der Waals surface area contributed by atoms with E-state index in [-0.39, 0.29) is 5.91 Å². The van der Waals surface area contributed by atoms with Crippen molar-refractivity contribution < 1.29 is 14.3 Å². The second kappa shape index (κ2) is 8.55. The van der Waals surface area contributed by atoms with Gasteiger partial charge in [0.05, 0.1) is 12.1 Å². The molecule has 0 unspecified atom stereocenters. The third-order valence-corrected chi connectivity index (χ3v) is 6.07. The zero-order valence-corrected chi connectivity index (χ0v) is 17.2. The van der Waals surface area contributed by atoms with Crippen LogP contribution in [0.25, 0.3) is 10.1 Å². The monoisotopic (exact) mass is 423 g/mol. The van der Waals surface area contributed by atoms with Crippen LogP contribution in [0.4, 0.5) is 0 Å². The highest BCUT2D eigenvalue weighted by Crippen LogP contribution is 2.37. The van der Waals surface area contributed by atoms with E-state index in [0.29, 0.717) is 22.2 Å². The number of halogens is 1. The minimum atomic E-state index is -0.195. The molecule has 0 atom stereocenters. The number of carbonyl (C=O) groups is 1. The van der Waals surface area contributed by atoms with Crippen LogP contribution in [0.3, 0.4) is 0 Å². The smallest absolute Gasteiger partial charge is 0.263 e. The maximum absolute atomic E-state index is 12.6. The van der Waals surface area contributed by atoms with Crippen molar-refractivity contribution in [3.8, 4) is 17.2 Å². The van der Waals surface area contributed by atoms with E-state index >= 15 is 0 Å². The Labute approximate surface area is 177 Å². The number of ether oxygens (including phenoxy) is 2. The van der Waals surface area contributed by atoms with Gasteiger partial charge in [-0.05, 0) is 48.0 Å². The molecule has 1 N–H and O–H groups in total. The van der Waals surface area contributed by atoms with Crippen molar-refractivity contribution in [2.24, 2.45) is 0 Å². The molecule has 0 aliphatic carbocycles. The standard InChI is InChI=1S/C23H18ClNO3S/c1-27-18-11-12-20-19(13-18)21(24)22(29-20)23(26)25-14-15-7-9-17(10-8-15)28-16-5-3-2-4-6-16/h2-13H,14H2,1H3,(H,25,26). The fourth-order valence-corrected chi connectivity index (χ4v) is 4.29. The van der Waals surface area contributed by atoms with E-state index in [0.717, 1.165) is 27.1 Å². The molecule has 1 heterocycles. The highest BCUT2D eigenvalue weighted by molar-refractivity contribution is 7.21. The minimum Gasteiger partial charge on any atom is -0.497 e. The van der Waals surface area contributed by atoms with Gasteiger partial charge in [0.1, 0.15) is 22.1 Å². The molecule has 29 heavy (non-hydrogen) atoms. The molecular formula is C23H18ClNO3S. The van der Waals surface area contributed by atoms with E-state index in [9.17, 15) is 4.79 Å². The van der Waals surface area contributed by atoms with Gasteiger partial charge in [0, 0.05) is 16.6 Å². The van der Waals surface area contributed by atoms with Gasteiger partial charge in [0.25, 0.3) is 5.91 Å². The summed E-state index contributed by atoms with van der Waals surface area (Å²) in [6.45, 7) is 0.401. The summed E-state index contributed by atoms with van der Waals surface area (Å²) in [6.07, 6.45) is 0. The summed E-state index contributed by atoms with van der Waals surface area (Å²) in [6, 6.07) is 22.8. The first-order valence-electron chi connectivity index (χ1n) is 9.00. The first-order valence-corrected chi connectivity index (χ1v) is 10.2. The van der Waals surface area contributed by atoms with Crippen LogP contribution in [0.15, 0.2) is 72.8 Å². The third kappa shape index (κ3) is 4.36. The van der Waals surface area contributed by atoms with Crippen molar-refractivity contribution in [1.82, 2.24) is 5.32 Å². The molecule has 3 aromatic carbocycles. The van der Waals surface area contributed by atoms with Crippen LogP contribution in [-0.2, 0) is 6.54 Å². The maximum Gasteiger partial charge on any atom is 0.263 e. The van der Waals surface area contributed by atoms with Crippen LogP contribution in [0.2, 0.25) is 5.02 Å². The second-order valence-corrected chi connectivity index (χ2v) is 7.78. The molecule has 4 nitrogen and oxygen atoms in total. The Morgan fingerprint density at radius 2 is 1.66 bits per heavy atom. The number of benzene rings is 3. The van der Waals surface area contributed by atoms with Crippen molar-refractivity contribution in [2.45, 2.75) is 6.54 Å². The lowest BCUT2D eigenvalue weighted by Gasteiger charge is -2.07. The average molecular weight is 424 g/mol.